The van der Waals surface area contributed by atoms with Crippen molar-refractivity contribution < 1.29 is 9.36 Å². The Hall–Kier alpha value is -2.48. The number of pyridine rings is 1. The third kappa shape index (κ3) is 6.52. The molecule has 3 aromatic rings. The Morgan fingerprint density at radius 1 is 0.700 bits per heavy atom. The number of rotatable bonds is 13. The second-order valence-electron chi connectivity index (χ2n) is 8.35. The summed E-state index contributed by atoms with van der Waals surface area (Å²) in [4.78, 5) is 13.1. The first-order chi connectivity index (χ1) is 14.8. The van der Waals surface area contributed by atoms with Crippen LogP contribution >= 0.6 is 0 Å². The summed E-state index contributed by atoms with van der Waals surface area (Å²) in [5.41, 5.74) is 3.17. The van der Waals surface area contributed by atoms with Crippen molar-refractivity contribution in [3.8, 4) is 0 Å². The molecule has 0 saturated heterocycles. The Morgan fingerprint density at radius 3 is 2.07 bits per heavy atom. The Bertz CT molecular complexity index is 916. The van der Waals surface area contributed by atoms with Crippen LogP contribution in [-0.4, -0.2) is 5.78 Å². The molecule has 1 heterocycles. The summed E-state index contributed by atoms with van der Waals surface area (Å²) in [5, 5.41) is 1.17. The first-order valence-corrected chi connectivity index (χ1v) is 11.8. The zero-order valence-electron chi connectivity index (χ0n) is 18.5. The number of hydrogen-bond donors (Lipinski definition) is 0. The van der Waals surface area contributed by atoms with Crippen LogP contribution in [0.5, 0.6) is 0 Å². The second kappa shape index (κ2) is 12.3. The van der Waals surface area contributed by atoms with E-state index in [0.717, 1.165) is 30.6 Å². The summed E-state index contributed by atoms with van der Waals surface area (Å²) < 4.78 is 2.20. The van der Waals surface area contributed by atoms with E-state index < -0.39 is 0 Å². The van der Waals surface area contributed by atoms with Gasteiger partial charge in [-0.3, -0.25) is 4.79 Å². The molecule has 0 fully saturated rings. The molecule has 2 nitrogen and oxygen atoms in total. The third-order valence-corrected chi connectivity index (χ3v) is 5.92. The minimum absolute atomic E-state index is 0.264. The molecule has 0 unspecified atom stereocenters. The number of hydrogen-bond acceptors (Lipinski definition) is 1. The highest BCUT2D eigenvalue weighted by Crippen LogP contribution is 2.15. The fourth-order valence-corrected chi connectivity index (χ4v) is 4.17. The number of nitrogens with zero attached hydrogens (tertiary/aromatic N) is 1. The van der Waals surface area contributed by atoms with Crippen molar-refractivity contribution in [2.24, 2.45) is 0 Å². The lowest BCUT2D eigenvalue weighted by atomic mass is 10.0. The van der Waals surface area contributed by atoms with Crippen molar-refractivity contribution in [3.05, 3.63) is 78.0 Å². The Labute approximate surface area is 182 Å². The van der Waals surface area contributed by atoms with Gasteiger partial charge in [-0.05, 0) is 18.6 Å². The van der Waals surface area contributed by atoms with Crippen molar-refractivity contribution in [1.29, 1.82) is 0 Å². The average molecular weight is 403 g/mol. The predicted octanol–water partition coefficient (Wildman–Crippen LogP) is 7.28. The fraction of sp³-hybridized carbons (Fsp3) is 0.429. The zero-order chi connectivity index (χ0) is 21.0. The number of aromatic nitrogens is 1. The summed E-state index contributed by atoms with van der Waals surface area (Å²) in [6.45, 7) is 2.98. The van der Waals surface area contributed by atoms with Crippen LogP contribution in [0.25, 0.3) is 10.9 Å². The molecule has 0 N–H and O–H groups in total. The highest BCUT2D eigenvalue weighted by Gasteiger charge is 2.22. The number of Topliss-reactive ketones (excluding diaryl/α,β-unsaturated/α-hetero) is 1. The Kier molecular flexibility index (Phi) is 9.08. The van der Waals surface area contributed by atoms with E-state index in [1.54, 1.807) is 0 Å². The maximum Gasteiger partial charge on any atom is 0.249 e. The molecule has 0 aliphatic rings. The van der Waals surface area contributed by atoms with E-state index in [4.69, 9.17) is 0 Å². The molecule has 0 atom stereocenters. The van der Waals surface area contributed by atoms with Crippen LogP contribution in [0, 0.1) is 0 Å². The predicted molar refractivity (Wildman–Crippen MR) is 126 cm³/mol. The monoisotopic (exact) mass is 402 g/mol. The van der Waals surface area contributed by atoms with Gasteiger partial charge in [0.1, 0.15) is 0 Å². The molecule has 0 radical (unpaired) electrons. The fourth-order valence-electron chi connectivity index (χ4n) is 4.17. The number of carbonyl (C=O) groups is 1. The van der Waals surface area contributed by atoms with Crippen molar-refractivity contribution in [3.63, 3.8) is 0 Å². The summed E-state index contributed by atoms with van der Waals surface area (Å²) in [5.74, 6) is 0.264. The molecule has 30 heavy (non-hydrogen) atoms. The number of benzene rings is 2. The summed E-state index contributed by atoms with van der Waals surface area (Å²) in [6, 6.07) is 22.9. The molecule has 0 aliphatic carbocycles. The van der Waals surface area contributed by atoms with Crippen LogP contribution in [0.3, 0.4) is 0 Å². The van der Waals surface area contributed by atoms with Crippen molar-refractivity contribution in [2.75, 3.05) is 0 Å². The molecule has 0 spiro atoms. The number of carbonyl (C=O) groups excluding carboxylic acids is 1. The van der Waals surface area contributed by atoms with Crippen molar-refractivity contribution >= 4 is 16.7 Å². The summed E-state index contributed by atoms with van der Waals surface area (Å²) in [7, 11) is 0. The molecular weight excluding hydrogens is 366 g/mol. The van der Waals surface area contributed by atoms with Crippen LogP contribution in [0.2, 0.25) is 0 Å². The van der Waals surface area contributed by atoms with Gasteiger partial charge < -0.3 is 0 Å². The van der Waals surface area contributed by atoms with E-state index in [1.807, 2.05) is 12.1 Å². The van der Waals surface area contributed by atoms with Crippen molar-refractivity contribution in [2.45, 2.75) is 77.7 Å². The molecule has 2 aromatic carbocycles. The third-order valence-electron chi connectivity index (χ3n) is 5.92. The average Bonchev–Trinajstić information content (AvgIpc) is 2.79. The second-order valence-corrected chi connectivity index (χ2v) is 8.35. The topological polar surface area (TPSA) is 20.9 Å². The zero-order valence-corrected chi connectivity index (χ0v) is 18.5. The number of ketones is 1. The lowest BCUT2D eigenvalue weighted by Crippen LogP contribution is -2.41. The van der Waals surface area contributed by atoms with Crippen LogP contribution < -0.4 is 4.57 Å². The summed E-state index contributed by atoms with van der Waals surface area (Å²) in [6.07, 6.45) is 12.1. The lowest BCUT2D eigenvalue weighted by Gasteiger charge is -2.07. The maximum absolute atomic E-state index is 13.1. The van der Waals surface area contributed by atoms with Gasteiger partial charge in [-0.25, -0.2) is 0 Å². The largest absolute Gasteiger partial charge is 0.287 e. The van der Waals surface area contributed by atoms with Crippen LogP contribution in [-0.2, 0) is 6.54 Å². The number of para-hydroxylation sites is 1. The van der Waals surface area contributed by atoms with Crippen LogP contribution in [0.15, 0.2) is 66.7 Å². The number of unbranched alkanes of at least 4 members (excludes halogenated alkanes) is 8. The van der Waals surface area contributed by atoms with E-state index >= 15 is 0 Å². The lowest BCUT2D eigenvalue weighted by molar-refractivity contribution is -0.664. The van der Waals surface area contributed by atoms with E-state index in [-0.39, 0.29) is 5.78 Å². The highest BCUT2D eigenvalue weighted by atomic mass is 16.1. The molecule has 0 aliphatic heterocycles. The minimum Gasteiger partial charge on any atom is -0.287 e. The summed E-state index contributed by atoms with van der Waals surface area (Å²) >= 11 is 0. The SMILES string of the molecule is CCCCCCCCCCCC(=O)c1ccc2ccccc2[n+]1Cc1ccccc1. The first kappa shape index (κ1) is 22.2. The van der Waals surface area contributed by atoms with Crippen molar-refractivity contribution in [1.82, 2.24) is 0 Å². The van der Waals surface area contributed by atoms with Crippen LogP contribution in [0.1, 0.15) is 87.2 Å². The Balaban J connectivity index is 1.60. The van der Waals surface area contributed by atoms with Gasteiger partial charge in [0.2, 0.25) is 17.0 Å². The first-order valence-electron chi connectivity index (χ1n) is 11.8. The smallest absolute Gasteiger partial charge is 0.249 e. The molecule has 1 aromatic heterocycles. The quantitative estimate of drug-likeness (QED) is 0.167. The number of fused-ring (bicyclic) bond motifs is 1. The van der Waals surface area contributed by atoms with Gasteiger partial charge in [-0.15, -0.1) is 0 Å². The molecular formula is C28H36NO+. The Morgan fingerprint density at radius 2 is 1.33 bits per heavy atom. The van der Waals surface area contributed by atoms with Gasteiger partial charge in [0.15, 0.2) is 6.54 Å². The van der Waals surface area contributed by atoms with Gasteiger partial charge in [0, 0.05) is 29.5 Å². The van der Waals surface area contributed by atoms with E-state index in [1.165, 1.54) is 55.9 Å². The van der Waals surface area contributed by atoms with Gasteiger partial charge in [-0.1, -0.05) is 101 Å². The van der Waals surface area contributed by atoms with Gasteiger partial charge >= 0.3 is 0 Å². The van der Waals surface area contributed by atoms with Crippen LogP contribution in [0.4, 0.5) is 0 Å². The molecule has 3 rings (SSSR count). The normalized spacial score (nSPS) is 11.1. The maximum atomic E-state index is 13.1. The standard InChI is InChI=1S/C28H36NO/c1-2-3-4-5-6-7-8-9-13-20-28(30)27-22-21-25-18-14-15-19-26(25)29(27)23-24-16-11-10-12-17-24/h10-12,14-19,21-22H,2-9,13,20,23H2,1H3/q+1. The molecule has 158 valence electrons. The van der Waals surface area contributed by atoms with Gasteiger partial charge in [0.05, 0.1) is 0 Å². The van der Waals surface area contributed by atoms with E-state index in [0.29, 0.717) is 6.42 Å². The molecule has 2 heteroatoms. The van der Waals surface area contributed by atoms with E-state index in [2.05, 4.69) is 66.1 Å². The van der Waals surface area contributed by atoms with Gasteiger partial charge in [0.25, 0.3) is 0 Å². The minimum atomic E-state index is 0.264. The van der Waals surface area contributed by atoms with E-state index in [9.17, 15) is 4.79 Å². The molecule has 0 bridgehead atoms. The molecule has 0 saturated carbocycles. The van der Waals surface area contributed by atoms with Gasteiger partial charge in [-0.2, -0.15) is 4.57 Å². The molecule has 0 amide bonds. The highest BCUT2D eigenvalue weighted by molar-refractivity contribution is 5.94.